The molecule has 1 amide bonds. The first-order valence-electron chi connectivity index (χ1n) is 8.91. The molecular formula is C20H22N4O3. The minimum absolute atomic E-state index is 0.109. The van der Waals surface area contributed by atoms with Crippen LogP contribution in [0.4, 0.5) is 0 Å². The molecule has 0 radical (unpaired) electrons. The van der Waals surface area contributed by atoms with Gasteiger partial charge in [0.25, 0.3) is 5.91 Å². The molecule has 2 aromatic heterocycles. The van der Waals surface area contributed by atoms with E-state index in [2.05, 4.69) is 22.3 Å². The summed E-state index contributed by atoms with van der Waals surface area (Å²) < 4.78 is 6.72. The summed E-state index contributed by atoms with van der Waals surface area (Å²) in [7, 11) is 0. The number of hydrogen-bond donors (Lipinski definition) is 1. The van der Waals surface area contributed by atoms with E-state index in [1.165, 1.54) is 4.52 Å². The zero-order chi connectivity index (χ0) is 19.2. The average molecular weight is 366 g/mol. The molecule has 0 spiro atoms. The summed E-state index contributed by atoms with van der Waals surface area (Å²) in [5.41, 5.74) is 2.22. The molecule has 3 aromatic rings. The van der Waals surface area contributed by atoms with Gasteiger partial charge in [0.15, 0.2) is 12.3 Å². The van der Waals surface area contributed by atoms with Gasteiger partial charge in [0.2, 0.25) is 0 Å². The van der Waals surface area contributed by atoms with Gasteiger partial charge in [-0.25, -0.2) is 14.3 Å². The third-order valence-corrected chi connectivity index (χ3v) is 4.22. The fourth-order valence-electron chi connectivity index (χ4n) is 2.97. The maximum absolute atomic E-state index is 12.4. The van der Waals surface area contributed by atoms with Crippen LogP contribution in [0.15, 0.2) is 48.8 Å². The van der Waals surface area contributed by atoms with Gasteiger partial charge in [0.05, 0.1) is 11.7 Å². The number of benzene rings is 1. The molecule has 1 unspecified atom stereocenters. The van der Waals surface area contributed by atoms with E-state index in [0.29, 0.717) is 11.3 Å². The van der Waals surface area contributed by atoms with Gasteiger partial charge in [-0.1, -0.05) is 43.7 Å². The van der Waals surface area contributed by atoms with Crippen molar-refractivity contribution in [3.05, 3.63) is 65.6 Å². The Morgan fingerprint density at radius 1 is 1.22 bits per heavy atom. The molecule has 2 heterocycles. The van der Waals surface area contributed by atoms with Crippen molar-refractivity contribution in [1.29, 1.82) is 0 Å². The molecule has 0 aliphatic rings. The highest BCUT2D eigenvalue weighted by Gasteiger charge is 2.21. The van der Waals surface area contributed by atoms with Crippen LogP contribution in [0.3, 0.4) is 0 Å². The van der Waals surface area contributed by atoms with E-state index in [1.54, 1.807) is 25.4 Å². The summed E-state index contributed by atoms with van der Waals surface area (Å²) in [6, 6.07) is 11.4. The number of ether oxygens (including phenoxy) is 1. The van der Waals surface area contributed by atoms with Crippen LogP contribution < -0.4 is 5.32 Å². The van der Waals surface area contributed by atoms with Gasteiger partial charge >= 0.3 is 5.97 Å². The van der Waals surface area contributed by atoms with Crippen LogP contribution in [0.2, 0.25) is 0 Å². The van der Waals surface area contributed by atoms with E-state index in [-0.39, 0.29) is 24.1 Å². The van der Waals surface area contributed by atoms with Crippen molar-refractivity contribution in [2.75, 3.05) is 6.61 Å². The lowest BCUT2D eigenvalue weighted by Gasteiger charge is -2.18. The van der Waals surface area contributed by atoms with Crippen LogP contribution >= 0.6 is 0 Å². The number of nitrogens with zero attached hydrogens (tertiary/aromatic N) is 3. The molecule has 1 aromatic carbocycles. The number of carbonyl (C=O) groups excluding carboxylic acids is 2. The first kappa shape index (κ1) is 18.6. The second kappa shape index (κ2) is 8.44. The predicted octanol–water partition coefficient (Wildman–Crippen LogP) is 2.85. The van der Waals surface area contributed by atoms with E-state index in [4.69, 9.17) is 4.74 Å². The summed E-state index contributed by atoms with van der Waals surface area (Å²) in [6.07, 6.45) is 5.01. The van der Waals surface area contributed by atoms with E-state index in [1.807, 2.05) is 30.3 Å². The zero-order valence-corrected chi connectivity index (χ0v) is 15.4. The van der Waals surface area contributed by atoms with Crippen LogP contribution in [0.5, 0.6) is 0 Å². The topological polar surface area (TPSA) is 85.6 Å². The Kier molecular flexibility index (Phi) is 5.80. The number of fused-ring (bicyclic) bond motifs is 1. The molecule has 27 heavy (non-hydrogen) atoms. The maximum Gasteiger partial charge on any atom is 0.344 e. The Labute approximate surface area is 157 Å². The van der Waals surface area contributed by atoms with Crippen molar-refractivity contribution in [2.24, 2.45) is 0 Å². The fraction of sp³-hybridized carbons (Fsp3) is 0.300. The molecule has 1 atom stereocenters. The largest absolute Gasteiger partial charge is 0.452 e. The van der Waals surface area contributed by atoms with Crippen LogP contribution in [0, 0.1) is 6.92 Å². The average Bonchev–Trinajstić information content (AvgIpc) is 3.02. The molecule has 0 saturated carbocycles. The Morgan fingerprint density at radius 2 is 2.00 bits per heavy atom. The summed E-state index contributed by atoms with van der Waals surface area (Å²) in [4.78, 5) is 28.9. The highest BCUT2D eigenvalue weighted by Crippen LogP contribution is 2.18. The van der Waals surface area contributed by atoms with Crippen molar-refractivity contribution in [2.45, 2.75) is 32.7 Å². The van der Waals surface area contributed by atoms with Gasteiger partial charge in [-0.05, 0) is 25.0 Å². The molecule has 1 N–H and O–H groups in total. The lowest BCUT2D eigenvalue weighted by molar-refractivity contribution is -0.125. The highest BCUT2D eigenvalue weighted by molar-refractivity contribution is 5.98. The van der Waals surface area contributed by atoms with Gasteiger partial charge in [-0.2, -0.15) is 5.10 Å². The zero-order valence-electron chi connectivity index (χ0n) is 15.4. The number of nitrogens with one attached hydrogen (secondary N) is 1. The van der Waals surface area contributed by atoms with E-state index in [0.717, 1.165) is 18.4 Å². The first-order valence-corrected chi connectivity index (χ1v) is 8.91. The third-order valence-electron chi connectivity index (χ3n) is 4.22. The van der Waals surface area contributed by atoms with Crippen molar-refractivity contribution in [3.8, 4) is 0 Å². The Hall–Kier alpha value is -3.22. The Bertz CT molecular complexity index is 937. The van der Waals surface area contributed by atoms with Crippen molar-refractivity contribution < 1.29 is 14.3 Å². The number of esters is 1. The van der Waals surface area contributed by atoms with Crippen molar-refractivity contribution in [1.82, 2.24) is 19.9 Å². The van der Waals surface area contributed by atoms with E-state index >= 15 is 0 Å². The maximum atomic E-state index is 12.4. The minimum atomic E-state index is -0.608. The van der Waals surface area contributed by atoms with Crippen molar-refractivity contribution >= 4 is 17.5 Å². The molecule has 0 aliphatic heterocycles. The summed E-state index contributed by atoms with van der Waals surface area (Å²) in [5.74, 6) is -0.948. The summed E-state index contributed by atoms with van der Waals surface area (Å²) in [5, 5.41) is 7.16. The van der Waals surface area contributed by atoms with Gasteiger partial charge in [0.1, 0.15) is 5.56 Å². The highest BCUT2D eigenvalue weighted by atomic mass is 16.5. The van der Waals surface area contributed by atoms with Gasteiger partial charge < -0.3 is 10.1 Å². The standard InChI is InChI=1S/C20H22N4O3/c1-3-8-16(15-9-5-4-6-10-15)22-17(25)13-27-20(26)18-14(2)23-24-12-7-11-21-19(18)24/h4-7,9-12,16H,3,8,13H2,1-2H3,(H,22,25). The first-order chi connectivity index (χ1) is 13.1. The van der Waals surface area contributed by atoms with Gasteiger partial charge in [-0.3, -0.25) is 4.79 Å². The lowest BCUT2D eigenvalue weighted by atomic mass is 10.0. The molecule has 7 nitrogen and oxygen atoms in total. The second-order valence-corrected chi connectivity index (χ2v) is 6.24. The van der Waals surface area contributed by atoms with Crippen molar-refractivity contribution in [3.63, 3.8) is 0 Å². The molecule has 0 aliphatic carbocycles. The quantitative estimate of drug-likeness (QED) is 0.650. The third kappa shape index (κ3) is 4.31. The Morgan fingerprint density at radius 3 is 2.74 bits per heavy atom. The normalized spacial score (nSPS) is 11.9. The molecule has 7 heteroatoms. The smallest absolute Gasteiger partial charge is 0.344 e. The molecule has 0 saturated heterocycles. The minimum Gasteiger partial charge on any atom is -0.452 e. The lowest BCUT2D eigenvalue weighted by Crippen LogP contribution is -2.32. The summed E-state index contributed by atoms with van der Waals surface area (Å²) >= 11 is 0. The van der Waals surface area contributed by atoms with Crippen LogP contribution in [-0.4, -0.2) is 33.1 Å². The molecule has 0 bridgehead atoms. The summed E-state index contributed by atoms with van der Waals surface area (Å²) in [6.45, 7) is 3.41. The van der Waals surface area contributed by atoms with Gasteiger partial charge in [0, 0.05) is 12.4 Å². The van der Waals surface area contributed by atoms with Gasteiger partial charge in [-0.15, -0.1) is 0 Å². The molecule has 140 valence electrons. The molecule has 0 fully saturated rings. The number of aromatic nitrogens is 3. The monoisotopic (exact) mass is 366 g/mol. The Balaban J connectivity index is 1.64. The van der Waals surface area contributed by atoms with Crippen LogP contribution in [-0.2, 0) is 9.53 Å². The number of amides is 1. The number of aryl methyl sites for hydroxylation is 1. The van der Waals surface area contributed by atoms with E-state index in [9.17, 15) is 9.59 Å². The van der Waals surface area contributed by atoms with Crippen LogP contribution in [0.25, 0.3) is 5.65 Å². The molecular weight excluding hydrogens is 344 g/mol. The number of hydrogen-bond acceptors (Lipinski definition) is 5. The van der Waals surface area contributed by atoms with Crippen LogP contribution in [0.1, 0.15) is 47.4 Å². The fourth-order valence-corrected chi connectivity index (χ4v) is 2.97. The number of carbonyl (C=O) groups is 2. The predicted molar refractivity (Wildman–Crippen MR) is 100 cm³/mol. The SMILES string of the molecule is CCCC(NC(=O)COC(=O)c1c(C)nn2cccnc12)c1ccccc1. The second-order valence-electron chi connectivity index (χ2n) is 6.24. The molecule has 3 rings (SSSR count). The number of rotatable bonds is 7. The van der Waals surface area contributed by atoms with E-state index < -0.39 is 5.97 Å².